The summed E-state index contributed by atoms with van der Waals surface area (Å²) >= 11 is 0. The van der Waals surface area contributed by atoms with Gasteiger partial charge in [-0.15, -0.1) is 0 Å². The molecule has 3 rings (SSSR count). The molecule has 1 aliphatic heterocycles. The number of carbonyl (C=O) groups is 1. The molecule has 0 aromatic heterocycles. The molecule has 1 heterocycles. The molecule has 0 saturated heterocycles. The molecule has 2 aliphatic rings. The molecule has 1 amide bonds. The van der Waals surface area contributed by atoms with E-state index < -0.39 is 0 Å². The van der Waals surface area contributed by atoms with Crippen molar-refractivity contribution in [2.45, 2.75) is 38.6 Å². The van der Waals surface area contributed by atoms with Gasteiger partial charge in [0.1, 0.15) is 0 Å². The van der Waals surface area contributed by atoms with Gasteiger partial charge in [-0.2, -0.15) is 0 Å². The smallest absolute Gasteiger partial charge is 0.231 e. The quantitative estimate of drug-likeness (QED) is 0.910. The van der Waals surface area contributed by atoms with Crippen LogP contribution in [0.3, 0.4) is 0 Å². The van der Waals surface area contributed by atoms with Crippen LogP contribution in [0.2, 0.25) is 0 Å². The number of hydrogen-bond acceptors (Lipinski definition) is 3. The Labute approximate surface area is 113 Å². The van der Waals surface area contributed by atoms with E-state index >= 15 is 0 Å². The summed E-state index contributed by atoms with van der Waals surface area (Å²) in [5, 5.41) is 3.09. The first-order chi connectivity index (χ1) is 9.24. The maximum Gasteiger partial charge on any atom is 0.231 e. The number of rotatable bonds is 3. The highest BCUT2D eigenvalue weighted by Crippen LogP contribution is 2.34. The minimum absolute atomic E-state index is 0.00241. The van der Waals surface area contributed by atoms with Crippen molar-refractivity contribution in [2.24, 2.45) is 5.92 Å². The Morgan fingerprint density at radius 3 is 2.79 bits per heavy atom. The minimum atomic E-state index is 0.00241. The number of benzene rings is 1. The van der Waals surface area contributed by atoms with Gasteiger partial charge in [-0.3, -0.25) is 4.79 Å². The van der Waals surface area contributed by atoms with E-state index in [9.17, 15) is 4.79 Å². The van der Waals surface area contributed by atoms with Crippen LogP contribution in [0.15, 0.2) is 18.2 Å². The van der Waals surface area contributed by atoms with Crippen LogP contribution in [0, 0.1) is 5.92 Å². The number of carbonyl (C=O) groups excluding carboxylic acids is 1. The van der Waals surface area contributed by atoms with Crippen molar-refractivity contribution in [1.29, 1.82) is 0 Å². The van der Waals surface area contributed by atoms with Crippen LogP contribution < -0.4 is 14.8 Å². The normalized spacial score (nSPS) is 19.4. The topological polar surface area (TPSA) is 47.6 Å². The Hall–Kier alpha value is -1.71. The predicted molar refractivity (Wildman–Crippen MR) is 71.1 cm³/mol. The van der Waals surface area contributed by atoms with Gasteiger partial charge in [0.25, 0.3) is 0 Å². The monoisotopic (exact) mass is 261 g/mol. The predicted octanol–water partition coefficient (Wildman–Crippen LogP) is 2.78. The Bertz CT molecular complexity index is 480. The Morgan fingerprint density at radius 2 is 2.00 bits per heavy atom. The maximum absolute atomic E-state index is 12.1. The molecule has 0 spiro atoms. The molecule has 1 fully saturated rings. The molecule has 4 heteroatoms. The molecule has 0 unspecified atom stereocenters. The molecule has 19 heavy (non-hydrogen) atoms. The van der Waals surface area contributed by atoms with Gasteiger partial charge in [0.15, 0.2) is 11.5 Å². The second kappa shape index (κ2) is 5.11. The zero-order valence-corrected chi connectivity index (χ0v) is 11.1. The average molecular weight is 261 g/mol. The van der Waals surface area contributed by atoms with Crippen LogP contribution in [0.1, 0.15) is 44.2 Å². The van der Waals surface area contributed by atoms with E-state index in [0.717, 1.165) is 29.9 Å². The third-order valence-corrected chi connectivity index (χ3v) is 3.98. The zero-order valence-electron chi connectivity index (χ0n) is 11.1. The van der Waals surface area contributed by atoms with Crippen LogP contribution in [0.25, 0.3) is 0 Å². The number of hydrogen-bond donors (Lipinski definition) is 1. The van der Waals surface area contributed by atoms with Gasteiger partial charge in [0, 0.05) is 5.92 Å². The zero-order chi connectivity index (χ0) is 13.2. The van der Waals surface area contributed by atoms with Gasteiger partial charge in [0.2, 0.25) is 12.7 Å². The van der Waals surface area contributed by atoms with E-state index in [1.165, 1.54) is 12.8 Å². The van der Waals surface area contributed by atoms with Crippen molar-refractivity contribution in [1.82, 2.24) is 5.32 Å². The lowest BCUT2D eigenvalue weighted by atomic mass is 10.0. The Kier molecular flexibility index (Phi) is 3.32. The van der Waals surface area contributed by atoms with Crippen molar-refractivity contribution < 1.29 is 14.3 Å². The Balaban J connectivity index is 1.66. The first-order valence-corrected chi connectivity index (χ1v) is 6.94. The summed E-state index contributed by atoms with van der Waals surface area (Å²) in [5.74, 6) is 1.93. The fourth-order valence-corrected chi connectivity index (χ4v) is 2.79. The first-order valence-electron chi connectivity index (χ1n) is 6.94. The van der Waals surface area contributed by atoms with Gasteiger partial charge in [-0.05, 0) is 37.5 Å². The summed E-state index contributed by atoms with van der Waals surface area (Å²) in [6.45, 7) is 2.28. The summed E-state index contributed by atoms with van der Waals surface area (Å²) in [5.41, 5.74) is 1.05. The van der Waals surface area contributed by atoms with E-state index in [4.69, 9.17) is 9.47 Å². The van der Waals surface area contributed by atoms with E-state index in [-0.39, 0.29) is 24.7 Å². The standard InChI is InChI=1S/C15H19NO3/c1-10(16-15(17)11-4-2-3-5-11)12-6-7-13-14(8-12)19-9-18-13/h6-8,10-11H,2-5,9H2,1H3,(H,16,17)/t10-/m1/s1. The number of ether oxygens (including phenoxy) is 2. The summed E-state index contributed by atoms with van der Waals surface area (Å²) in [4.78, 5) is 12.1. The lowest BCUT2D eigenvalue weighted by molar-refractivity contribution is -0.125. The third kappa shape index (κ3) is 2.53. The molecule has 1 aromatic rings. The van der Waals surface area contributed by atoms with Gasteiger partial charge in [-0.25, -0.2) is 0 Å². The van der Waals surface area contributed by atoms with E-state index in [2.05, 4.69) is 5.32 Å². The van der Waals surface area contributed by atoms with Crippen LogP contribution in [-0.2, 0) is 4.79 Å². The summed E-state index contributed by atoms with van der Waals surface area (Å²) in [7, 11) is 0. The van der Waals surface area contributed by atoms with Crippen molar-refractivity contribution in [3.8, 4) is 11.5 Å². The van der Waals surface area contributed by atoms with Crippen LogP contribution in [0.4, 0.5) is 0 Å². The van der Waals surface area contributed by atoms with Crippen molar-refractivity contribution in [2.75, 3.05) is 6.79 Å². The average Bonchev–Trinajstić information content (AvgIpc) is 3.09. The minimum Gasteiger partial charge on any atom is -0.454 e. The molecule has 0 radical (unpaired) electrons. The molecule has 1 aromatic carbocycles. The van der Waals surface area contributed by atoms with Crippen LogP contribution >= 0.6 is 0 Å². The van der Waals surface area contributed by atoms with Crippen LogP contribution in [-0.4, -0.2) is 12.7 Å². The summed E-state index contributed by atoms with van der Waals surface area (Å²) in [6.07, 6.45) is 4.41. The molecule has 0 bridgehead atoms. The third-order valence-electron chi connectivity index (χ3n) is 3.98. The maximum atomic E-state index is 12.1. The molecule has 1 N–H and O–H groups in total. The van der Waals surface area contributed by atoms with Crippen LogP contribution in [0.5, 0.6) is 11.5 Å². The lowest BCUT2D eigenvalue weighted by Gasteiger charge is -2.17. The summed E-state index contributed by atoms with van der Waals surface area (Å²) in [6, 6.07) is 5.83. The highest BCUT2D eigenvalue weighted by molar-refractivity contribution is 5.79. The molecule has 1 aliphatic carbocycles. The van der Waals surface area contributed by atoms with Gasteiger partial charge < -0.3 is 14.8 Å². The largest absolute Gasteiger partial charge is 0.454 e. The molecule has 1 saturated carbocycles. The van der Waals surface area contributed by atoms with Crippen molar-refractivity contribution in [3.63, 3.8) is 0 Å². The fraction of sp³-hybridized carbons (Fsp3) is 0.533. The fourth-order valence-electron chi connectivity index (χ4n) is 2.79. The molecule has 4 nitrogen and oxygen atoms in total. The highest BCUT2D eigenvalue weighted by atomic mass is 16.7. The number of fused-ring (bicyclic) bond motifs is 1. The van der Waals surface area contributed by atoms with Gasteiger partial charge >= 0.3 is 0 Å². The lowest BCUT2D eigenvalue weighted by Crippen LogP contribution is -2.31. The number of amides is 1. The SMILES string of the molecule is C[C@@H](NC(=O)C1CCCC1)c1ccc2c(c1)OCO2. The van der Waals surface area contributed by atoms with Gasteiger partial charge in [0.05, 0.1) is 6.04 Å². The first kappa shape index (κ1) is 12.3. The van der Waals surface area contributed by atoms with E-state index in [1.54, 1.807) is 0 Å². The number of nitrogens with one attached hydrogen (secondary N) is 1. The van der Waals surface area contributed by atoms with Crippen molar-refractivity contribution >= 4 is 5.91 Å². The summed E-state index contributed by atoms with van der Waals surface area (Å²) < 4.78 is 10.6. The molecular weight excluding hydrogens is 242 g/mol. The molecular formula is C15H19NO3. The van der Waals surface area contributed by atoms with Crippen molar-refractivity contribution in [3.05, 3.63) is 23.8 Å². The van der Waals surface area contributed by atoms with E-state index in [0.29, 0.717) is 0 Å². The van der Waals surface area contributed by atoms with Gasteiger partial charge in [-0.1, -0.05) is 18.9 Å². The molecule has 1 atom stereocenters. The second-order valence-electron chi connectivity index (χ2n) is 5.32. The Morgan fingerprint density at radius 1 is 1.26 bits per heavy atom. The second-order valence-corrected chi connectivity index (χ2v) is 5.32. The van der Waals surface area contributed by atoms with E-state index in [1.807, 2.05) is 25.1 Å². The highest BCUT2D eigenvalue weighted by Gasteiger charge is 2.24. The molecule has 102 valence electrons.